The molecule has 104 valence electrons. The quantitative estimate of drug-likeness (QED) is 0.778. The van der Waals surface area contributed by atoms with Gasteiger partial charge in [-0.3, -0.25) is 4.98 Å². The zero-order valence-corrected chi connectivity index (χ0v) is 12.6. The van der Waals surface area contributed by atoms with Crippen molar-refractivity contribution in [3.05, 3.63) is 42.0 Å². The summed E-state index contributed by atoms with van der Waals surface area (Å²) in [7, 11) is 2.07. The maximum atomic E-state index is 4.75. The van der Waals surface area contributed by atoms with Gasteiger partial charge in [-0.2, -0.15) is 0 Å². The number of rotatable bonds is 1. The highest BCUT2D eigenvalue weighted by Gasteiger charge is 2.21. The maximum Gasteiger partial charge on any atom is 0.136 e. The van der Waals surface area contributed by atoms with Crippen molar-refractivity contribution in [3.8, 4) is 0 Å². The monoisotopic (exact) mass is 267 g/mol. The number of imidazole rings is 1. The number of aromatic nitrogens is 3. The van der Waals surface area contributed by atoms with Gasteiger partial charge in [0.05, 0.1) is 17.2 Å². The van der Waals surface area contributed by atoms with Gasteiger partial charge in [-0.15, -0.1) is 0 Å². The SMILES string of the molecule is Cn1c(C2=CC=C(C(C)(C)C)CC2)nc2ccncc21. The fraction of sp³-hybridized carbons (Fsp3) is 0.412. The van der Waals surface area contributed by atoms with Crippen molar-refractivity contribution < 1.29 is 0 Å². The molecule has 0 bridgehead atoms. The molecule has 0 fully saturated rings. The summed E-state index contributed by atoms with van der Waals surface area (Å²) < 4.78 is 2.14. The molecule has 3 heteroatoms. The lowest BCUT2D eigenvalue weighted by molar-refractivity contribution is 0.482. The second kappa shape index (κ2) is 4.58. The van der Waals surface area contributed by atoms with Gasteiger partial charge < -0.3 is 4.57 Å². The van der Waals surface area contributed by atoms with Crippen molar-refractivity contribution >= 4 is 16.6 Å². The molecule has 0 N–H and O–H groups in total. The van der Waals surface area contributed by atoms with Crippen LogP contribution in [-0.4, -0.2) is 14.5 Å². The third-order valence-electron chi connectivity index (χ3n) is 4.08. The standard InChI is InChI=1S/C17H21N3/c1-17(2,3)13-7-5-12(6-8-13)16-19-14-9-10-18-11-15(14)20(16)4/h5,7,9-11H,6,8H2,1-4H3. The van der Waals surface area contributed by atoms with Crippen LogP contribution in [0.2, 0.25) is 0 Å². The first kappa shape index (κ1) is 13.1. The van der Waals surface area contributed by atoms with Crippen molar-refractivity contribution in [2.75, 3.05) is 0 Å². The Hall–Kier alpha value is -1.90. The Bertz CT molecular complexity index is 711. The smallest absolute Gasteiger partial charge is 0.136 e. The first-order valence-electron chi connectivity index (χ1n) is 7.14. The van der Waals surface area contributed by atoms with Gasteiger partial charge >= 0.3 is 0 Å². The molecule has 20 heavy (non-hydrogen) atoms. The van der Waals surface area contributed by atoms with Gasteiger partial charge in [0.1, 0.15) is 5.82 Å². The van der Waals surface area contributed by atoms with Crippen LogP contribution in [-0.2, 0) is 7.05 Å². The molecule has 0 spiro atoms. The van der Waals surface area contributed by atoms with Gasteiger partial charge in [0.25, 0.3) is 0 Å². The van der Waals surface area contributed by atoms with Gasteiger partial charge in [0.2, 0.25) is 0 Å². The van der Waals surface area contributed by atoms with Crippen LogP contribution in [0.15, 0.2) is 36.2 Å². The number of pyridine rings is 1. The van der Waals surface area contributed by atoms with Crippen LogP contribution in [0.5, 0.6) is 0 Å². The number of fused-ring (bicyclic) bond motifs is 1. The first-order valence-corrected chi connectivity index (χ1v) is 7.14. The highest BCUT2D eigenvalue weighted by molar-refractivity contribution is 5.79. The van der Waals surface area contributed by atoms with Gasteiger partial charge in [0.15, 0.2) is 0 Å². The van der Waals surface area contributed by atoms with Crippen LogP contribution in [0.4, 0.5) is 0 Å². The number of aryl methyl sites for hydroxylation is 1. The van der Waals surface area contributed by atoms with Gasteiger partial charge in [-0.25, -0.2) is 4.98 Å². The molecular formula is C17H21N3. The minimum absolute atomic E-state index is 0.262. The molecular weight excluding hydrogens is 246 g/mol. The second-order valence-corrected chi connectivity index (χ2v) is 6.49. The third kappa shape index (κ3) is 2.17. The van der Waals surface area contributed by atoms with Crippen LogP contribution < -0.4 is 0 Å². The summed E-state index contributed by atoms with van der Waals surface area (Å²) in [5.74, 6) is 1.07. The van der Waals surface area contributed by atoms with Crippen molar-refractivity contribution in [2.45, 2.75) is 33.6 Å². The average molecular weight is 267 g/mol. The average Bonchev–Trinajstić information content (AvgIpc) is 2.76. The topological polar surface area (TPSA) is 30.7 Å². The Morgan fingerprint density at radius 2 is 1.95 bits per heavy atom. The lowest BCUT2D eigenvalue weighted by Gasteiger charge is -2.25. The normalized spacial score (nSPS) is 16.2. The minimum atomic E-state index is 0.262. The van der Waals surface area contributed by atoms with Crippen LogP contribution >= 0.6 is 0 Å². The Morgan fingerprint density at radius 1 is 1.15 bits per heavy atom. The second-order valence-electron chi connectivity index (χ2n) is 6.49. The zero-order chi connectivity index (χ0) is 14.3. The summed E-state index contributed by atoms with van der Waals surface area (Å²) in [4.78, 5) is 8.93. The molecule has 0 saturated heterocycles. The number of hydrogen-bond acceptors (Lipinski definition) is 2. The zero-order valence-electron chi connectivity index (χ0n) is 12.6. The van der Waals surface area contributed by atoms with Crippen LogP contribution in [0.1, 0.15) is 39.4 Å². The lowest BCUT2D eigenvalue weighted by atomic mass is 9.80. The minimum Gasteiger partial charge on any atom is -0.326 e. The molecule has 1 aliphatic carbocycles. The molecule has 2 aromatic rings. The van der Waals surface area contributed by atoms with E-state index in [1.165, 1.54) is 11.1 Å². The Labute approximate surface area is 120 Å². The molecule has 2 heterocycles. The van der Waals surface area contributed by atoms with Crippen LogP contribution in [0.25, 0.3) is 16.6 Å². The fourth-order valence-corrected chi connectivity index (χ4v) is 2.77. The molecule has 0 amide bonds. The predicted molar refractivity (Wildman–Crippen MR) is 83.3 cm³/mol. The third-order valence-corrected chi connectivity index (χ3v) is 4.08. The number of nitrogens with zero attached hydrogens (tertiary/aromatic N) is 3. The molecule has 0 aliphatic heterocycles. The van der Waals surface area contributed by atoms with E-state index in [-0.39, 0.29) is 5.41 Å². The van der Waals surface area contributed by atoms with Gasteiger partial charge in [-0.05, 0) is 29.9 Å². The van der Waals surface area contributed by atoms with E-state index in [1.54, 1.807) is 6.20 Å². The van der Waals surface area contributed by atoms with E-state index in [2.05, 4.69) is 49.5 Å². The van der Waals surface area contributed by atoms with E-state index in [4.69, 9.17) is 4.98 Å². The van der Waals surface area contributed by atoms with Crippen LogP contribution in [0.3, 0.4) is 0 Å². The van der Waals surface area contributed by atoms with E-state index in [9.17, 15) is 0 Å². The fourth-order valence-electron chi connectivity index (χ4n) is 2.77. The van der Waals surface area contributed by atoms with Gasteiger partial charge in [0, 0.05) is 13.2 Å². The molecule has 3 nitrogen and oxygen atoms in total. The Kier molecular flexibility index (Phi) is 3.00. The molecule has 1 aliphatic rings. The summed E-state index contributed by atoms with van der Waals surface area (Å²) in [6, 6.07) is 1.97. The lowest BCUT2D eigenvalue weighted by Crippen LogP contribution is -2.12. The predicted octanol–water partition coefficient (Wildman–Crippen LogP) is 4.12. The van der Waals surface area contributed by atoms with Crippen molar-refractivity contribution in [2.24, 2.45) is 12.5 Å². The van der Waals surface area contributed by atoms with Crippen molar-refractivity contribution in [1.29, 1.82) is 0 Å². The van der Waals surface area contributed by atoms with Gasteiger partial charge in [-0.1, -0.05) is 38.5 Å². The molecule has 0 saturated carbocycles. The molecule has 2 aromatic heterocycles. The number of hydrogen-bond donors (Lipinski definition) is 0. The summed E-state index contributed by atoms with van der Waals surface area (Å²) in [6.07, 6.45) is 10.4. The summed E-state index contributed by atoms with van der Waals surface area (Å²) in [5, 5.41) is 0. The molecule has 0 atom stereocenters. The Balaban J connectivity index is 2.03. The van der Waals surface area contributed by atoms with Crippen molar-refractivity contribution in [3.63, 3.8) is 0 Å². The highest BCUT2D eigenvalue weighted by Crippen LogP contribution is 2.35. The van der Waals surface area contributed by atoms with Crippen molar-refractivity contribution in [1.82, 2.24) is 14.5 Å². The highest BCUT2D eigenvalue weighted by atomic mass is 15.1. The summed E-state index contributed by atoms with van der Waals surface area (Å²) >= 11 is 0. The van der Waals surface area contributed by atoms with Crippen LogP contribution in [0, 0.1) is 5.41 Å². The molecule has 3 rings (SSSR count). The Morgan fingerprint density at radius 3 is 2.55 bits per heavy atom. The largest absolute Gasteiger partial charge is 0.326 e. The summed E-state index contributed by atoms with van der Waals surface area (Å²) in [5.41, 5.74) is 5.20. The number of allylic oxidation sites excluding steroid dienone is 4. The first-order chi connectivity index (χ1) is 9.47. The molecule has 0 unspecified atom stereocenters. The van der Waals surface area contributed by atoms with E-state index >= 15 is 0 Å². The maximum absolute atomic E-state index is 4.75. The van der Waals surface area contributed by atoms with E-state index in [0.29, 0.717) is 0 Å². The van der Waals surface area contributed by atoms with E-state index in [0.717, 1.165) is 29.7 Å². The van der Waals surface area contributed by atoms with E-state index < -0.39 is 0 Å². The molecule has 0 aromatic carbocycles. The van der Waals surface area contributed by atoms with E-state index in [1.807, 2.05) is 12.3 Å². The molecule has 0 radical (unpaired) electrons. The summed E-state index contributed by atoms with van der Waals surface area (Å²) in [6.45, 7) is 6.83.